The van der Waals surface area contributed by atoms with E-state index in [9.17, 15) is 13.2 Å². The quantitative estimate of drug-likeness (QED) is 0.801. The summed E-state index contributed by atoms with van der Waals surface area (Å²) in [5.74, 6) is -0.406. The highest BCUT2D eigenvalue weighted by Crippen LogP contribution is 2.20. The lowest BCUT2D eigenvalue weighted by molar-refractivity contribution is 0.0730. The molecule has 24 heavy (non-hydrogen) atoms. The first-order valence-electron chi connectivity index (χ1n) is 7.30. The third-order valence-corrected chi connectivity index (χ3v) is 5.96. The molecule has 2 N–H and O–H groups in total. The molecule has 2 heterocycles. The van der Waals surface area contributed by atoms with Crippen LogP contribution in [0.1, 0.15) is 10.5 Å². The van der Waals surface area contributed by atoms with Gasteiger partial charge in [-0.1, -0.05) is 22.0 Å². The number of carbonyl (C=O) groups excluding carboxylic acids is 1. The van der Waals surface area contributed by atoms with Gasteiger partial charge in [-0.15, -0.1) is 0 Å². The molecule has 0 saturated carbocycles. The van der Waals surface area contributed by atoms with Gasteiger partial charge in [0.2, 0.25) is 10.0 Å². The Kier molecular flexibility index (Phi) is 5.04. The molecule has 9 heteroatoms. The number of benzene rings is 1. The summed E-state index contributed by atoms with van der Waals surface area (Å²) in [4.78, 5) is 15.1. The van der Waals surface area contributed by atoms with Crippen LogP contribution in [0.4, 0.5) is 5.69 Å². The number of hydrogen-bond donors (Lipinski definition) is 2. The van der Waals surface area contributed by atoms with Gasteiger partial charge in [0.1, 0.15) is 10.6 Å². The van der Waals surface area contributed by atoms with Gasteiger partial charge in [-0.05, 0) is 24.3 Å². The molecule has 1 aliphatic heterocycles. The molecular weight excluding hydrogens is 398 g/mol. The Labute approximate surface area is 148 Å². The number of nitrogens with one attached hydrogen (secondary N) is 2. The molecule has 1 aliphatic rings. The number of hydrogen-bond acceptors (Lipinski definition) is 4. The minimum atomic E-state index is -3.62. The van der Waals surface area contributed by atoms with E-state index in [0.717, 1.165) is 4.47 Å². The molecule has 1 amide bonds. The van der Waals surface area contributed by atoms with E-state index in [-0.39, 0.29) is 10.6 Å². The Balaban J connectivity index is 1.76. The monoisotopic (exact) mass is 413 g/mol. The number of amides is 1. The van der Waals surface area contributed by atoms with E-state index in [0.29, 0.717) is 32.0 Å². The van der Waals surface area contributed by atoms with Crippen molar-refractivity contribution in [2.45, 2.75) is 4.90 Å². The number of morpholine rings is 1. The van der Waals surface area contributed by atoms with Gasteiger partial charge in [0, 0.05) is 29.4 Å². The highest BCUT2D eigenvalue weighted by molar-refractivity contribution is 9.10. The molecule has 7 nitrogen and oxygen atoms in total. The number of aromatic nitrogens is 1. The largest absolute Gasteiger partial charge is 0.379 e. The van der Waals surface area contributed by atoms with Crippen molar-refractivity contribution < 1.29 is 17.9 Å². The predicted octanol–water partition coefficient (Wildman–Crippen LogP) is 2.05. The van der Waals surface area contributed by atoms with Crippen molar-refractivity contribution in [3.63, 3.8) is 0 Å². The Morgan fingerprint density at radius 1 is 1.25 bits per heavy atom. The van der Waals surface area contributed by atoms with Crippen LogP contribution in [-0.2, 0) is 14.8 Å². The zero-order valence-electron chi connectivity index (χ0n) is 12.7. The number of ether oxygens (including phenoxy) is 1. The maximum absolute atomic E-state index is 12.5. The van der Waals surface area contributed by atoms with E-state index >= 15 is 0 Å². The molecule has 0 radical (unpaired) electrons. The number of carbonyl (C=O) groups is 1. The van der Waals surface area contributed by atoms with Crippen LogP contribution in [0.3, 0.4) is 0 Å². The Bertz CT molecular complexity index is 844. The summed E-state index contributed by atoms with van der Waals surface area (Å²) in [5, 5.41) is 2.71. The van der Waals surface area contributed by atoms with Gasteiger partial charge in [0.05, 0.1) is 13.2 Å². The van der Waals surface area contributed by atoms with E-state index in [4.69, 9.17) is 4.74 Å². The van der Waals surface area contributed by atoms with Crippen LogP contribution in [0.2, 0.25) is 0 Å². The van der Waals surface area contributed by atoms with Crippen molar-refractivity contribution in [2.75, 3.05) is 31.6 Å². The number of anilines is 1. The lowest BCUT2D eigenvalue weighted by Crippen LogP contribution is -2.40. The Hall–Kier alpha value is -1.68. The van der Waals surface area contributed by atoms with Crippen LogP contribution in [0.5, 0.6) is 0 Å². The standard InChI is InChI=1S/C15H16BrN3O4S/c16-11-2-1-3-12(8-11)18-15(20)14-9-13(10-17-14)24(21,22)19-4-6-23-7-5-19/h1-3,8-10,17H,4-7H2,(H,18,20). The van der Waals surface area contributed by atoms with E-state index in [1.807, 2.05) is 6.07 Å². The van der Waals surface area contributed by atoms with Crippen molar-refractivity contribution in [3.8, 4) is 0 Å². The minimum Gasteiger partial charge on any atom is -0.379 e. The third kappa shape index (κ3) is 3.69. The topological polar surface area (TPSA) is 91.5 Å². The molecule has 1 aromatic heterocycles. The maximum atomic E-state index is 12.5. The summed E-state index contributed by atoms with van der Waals surface area (Å²) < 4.78 is 32.4. The molecule has 0 unspecified atom stereocenters. The van der Waals surface area contributed by atoms with Crippen LogP contribution in [0.15, 0.2) is 45.9 Å². The zero-order valence-corrected chi connectivity index (χ0v) is 15.1. The van der Waals surface area contributed by atoms with Crippen LogP contribution >= 0.6 is 15.9 Å². The lowest BCUT2D eigenvalue weighted by atomic mass is 10.3. The van der Waals surface area contributed by atoms with Gasteiger partial charge in [0.25, 0.3) is 5.91 Å². The van der Waals surface area contributed by atoms with Gasteiger partial charge < -0.3 is 15.0 Å². The second-order valence-electron chi connectivity index (χ2n) is 5.23. The first-order chi connectivity index (χ1) is 11.5. The summed E-state index contributed by atoms with van der Waals surface area (Å²) >= 11 is 3.33. The van der Waals surface area contributed by atoms with Gasteiger partial charge in [-0.3, -0.25) is 4.79 Å². The predicted molar refractivity (Wildman–Crippen MR) is 92.5 cm³/mol. The molecule has 0 atom stereocenters. The summed E-state index contributed by atoms with van der Waals surface area (Å²) in [6.07, 6.45) is 1.33. The average Bonchev–Trinajstić information content (AvgIpc) is 3.07. The first-order valence-corrected chi connectivity index (χ1v) is 9.53. The van der Waals surface area contributed by atoms with Crippen molar-refractivity contribution in [3.05, 3.63) is 46.7 Å². The fraction of sp³-hybridized carbons (Fsp3) is 0.267. The fourth-order valence-corrected chi connectivity index (χ4v) is 4.16. The molecule has 1 aromatic carbocycles. The molecule has 1 fully saturated rings. The number of nitrogens with zero attached hydrogens (tertiary/aromatic N) is 1. The highest BCUT2D eigenvalue weighted by Gasteiger charge is 2.27. The smallest absolute Gasteiger partial charge is 0.272 e. The molecule has 0 spiro atoms. The lowest BCUT2D eigenvalue weighted by Gasteiger charge is -2.25. The molecule has 0 bridgehead atoms. The van der Waals surface area contributed by atoms with Crippen molar-refractivity contribution in [2.24, 2.45) is 0 Å². The van der Waals surface area contributed by atoms with E-state index < -0.39 is 15.9 Å². The second-order valence-corrected chi connectivity index (χ2v) is 8.08. The maximum Gasteiger partial charge on any atom is 0.272 e. The summed E-state index contributed by atoms with van der Waals surface area (Å²) in [7, 11) is -3.62. The molecule has 128 valence electrons. The van der Waals surface area contributed by atoms with Crippen molar-refractivity contribution in [1.29, 1.82) is 0 Å². The normalized spacial score (nSPS) is 16.0. The van der Waals surface area contributed by atoms with E-state index in [2.05, 4.69) is 26.2 Å². The number of rotatable bonds is 4. The van der Waals surface area contributed by atoms with E-state index in [1.54, 1.807) is 18.2 Å². The Morgan fingerprint density at radius 3 is 2.71 bits per heavy atom. The molecule has 0 aliphatic carbocycles. The number of H-pyrrole nitrogens is 1. The SMILES string of the molecule is O=C(Nc1cccc(Br)c1)c1cc(S(=O)(=O)N2CCOCC2)c[nH]1. The van der Waals surface area contributed by atoms with Crippen LogP contribution < -0.4 is 5.32 Å². The number of aromatic amines is 1. The Morgan fingerprint density at radius 2 is 2.00 bits per heavy atom. The fourth-order valence-electron chi connectivity index (χ4n) is 2.36. The van der Waals surface area contributed by atoms with Gasteiger partial charge in [-0.25, -0.2) is 8.42 Å². The second kappa shape index (κ2) is 7.06. The molecule has 1 saturated heterocycles. The van der Waals surface area contributed by atoms with Crippen molar-refractivity contribution in [1.82, 2.24) is 9.29 Å². The zero-order chi connectivity index (χ0) is 17.2. The van der Waals surface area contributed by atoms with Gasteiger partial charge in [-0.2, -0.15) is 4.31 Å². The number of sulfonamides is 1. The summed E-state index contributed by atoms with van der Waals surface area (Å²) in [5.41, 5.74) is 0.795. The molecule has 2 aromatic rings. The van der Waals surface area contributed by atoms with E-state index in [1.165, 1.54) is 16.6 Å². The third-order valence-electron chi connectivity index (χ3n) is 3.59. The van der Waals surface area contributed by atoms with Crippen LogP contribution in [0.25, 0.3) is 0 Å². The van der Waals surface area contributed by atoms with Crippen LogP contribution in [0, 0.1) is 0 Å². The first kappa shape index (κ1) is 17.2. The van der Waals surface area contributed by atoms with Gasteiger partial charge >= 0.3 is 0 Å². The molecule has 3 rings (SSSR count). The number of halogens is 1. The van der Waals surface area contributed by atoms with Crippen LogP contribution in [-0.4, -0.2) is 49.9 Å². The van der Waals surface area contributed by atoms with Gasteiger partial charge in [0.15, 0.2) is 0 Å². The summed E-state index contributed by atoms with van der Waals surface area (Å²) in [6.45, 7) is 1.37. The summed E-state index contributed by atoms with van der Waals surface area (Å²) in [6, 6.07) is 8.49. The highest BCUT2D eigenvalue weighted by atomic mass is 79.9. The minimum absolute atomic E-state index is 0.0730. The van der Waals surface area contributed by atoms with Crippen molar-refractivity contribution >= 4 is 37.5 Å². The average molecular weight is 414 g/mol. The molecular formula is C15H16BrN3O4S.